The lowest BCUT2D eigenvalue weighted by Gasteiger charge is -2.33. The number of hydrogen-bond acceptors (Lipinski definition) is 3. The Morgan fingerprint density at radius 3 is 2.38 bits per heavy atom. The minimum atomic E-state index is -0.800. The molecule has 0 aliphatic carbocycles. The fourth-order valence-electron chi connectivity index (χ4n) is 3.43. The number of carboxylic acids is 1. The first-order valence-corrected chi connectivity index (χ1v) is 8.05. The minimum Gasteiger partial charge on any atom is -0.481 e. The van der Waals surface area contributed by atoms with E-state index in [1.807, 2.05) is 6.92 Å². The predicted molar refractivity (Wildman–Crippen MR) is 80.2 cm³/mol. The van der Waals surface area contributed by atoms with Crippen LogP contribution in [-0.2, 0) is 4.79 Å². The number of aliphatic carboxylic acids is 1. The Kier molecular flexibility index (Phi) is 5.45. The molecule has 0 radical (unpaired) electrons. The van der Waals surface area contributed by atoms with Gasteiger partial charge in [0.2, 0.25) is 0 Å². The van der Waals surface area contributed by atoms with Crippen molar-refractivity contribution in [2.45, 2.75) is 51.6 Å². The van der Waals surface area contributed by atoms with Gasteiger partial charge in [-0.25, -0.2) is 4.79 Å². The number of rotatable bonds is 4. The first-order chi connectivity index (χ1) is 10.0. The molecule has 0 aromatic heterocycles. The van der Waals surface area contributed by atoms with E-state index in [4.69, 9.17) is 5.11 Å². The number of carbonyl (C=O) groups excluding carboxylic acids is 1. The molecule has 2 rings (SSSR count). The molecule has 2 fully saturated rings. The summed E-state index contributed by atoms with van der Waals surface area (Å²) in [6.07, 6.45) is 3.68. The maximum absolute atomic E-state index is 12.3. The third-order valence-corrected chi connectivity index (χ3v) is 4.79. The molecule has 6 heteroatoms. The lowest BCUT2D eigenvalue weighted by Crippen LogP contribution is -2.50. The molecular formula is C15H27N3O3. The number of nitrogens with zero attached hydrogens (tertiary/aromatic N) is 2. The molecule has 2 saturated heterocycles. The Bertz CT molecular complexity index is 380. The van der Waals surface area contributed by atoms with Crippen LogP contribution >= 0.6 is 0 Å². The summed E-state index contributed by atoms with van der Waals surface area (Å²) in [4.78, 5) is 27.5. The van der Waals surface area contributed by atoms with Crippen molar-refractivity contribution in [1.29, 1.82) is 0 Å². The third-order valence-electron chi connectivity index (χ3n) is 4.79. The smallest absolute Gasteiger partial charge is 0.317 e. The molecule has 6 nitrogen and oxygen atoms in total. The molecule has 0 bridgehead atoms. The second-order valence-corrected chi connectivity index (χ2v) is 6.23. The van der Waals surface area contributed by atoms with Crippen molar-refractivity contribution >= 4 is 12.0 Å². The number of piperidine rings is 1. The summed E-state index contributed by atoms with van der Waals surface area (Å²) in [7, 11) is 0. The highest BCUT2D eigenvalue weighted by atomic mass is 16.4. The third kappa shape index (κ3) is 3.87. The van der Waals surface area contributed by atoms with Crippen LogP contribution in [0.4, 0.5) is 4.79 Å². The lowest BCUT2D eigenvalue weighted by atomic mass is 10.0. The Morgan fingerprint density at radius 2 is 1.86 bits per heavy atom. The average molecular weight is 297 g/mol. The highest BCUT2D eigenvalue weighted by molar-refractivity contribution is 5.78. The normalized spacial score (nSPS) is 27.8. The summed E-state index contributed by atoms with van der Waals surface area (Å²) >= 11 is 0. The largest absolute Gasteiger partial charge is 0.481 e. The number of hydrogen-bond donors (Lipinski definition) is 2. The first-order valence-electron chi connectivity index (χ1n) is 8.05. The summed E-state index contributed by atoms with van der Waals surface area (Å²) in [6.45, 7) is 7.75. The van der Waals surface area contributed by atoms with Crippen molar-refractivity contribution < 1.29 is 14.7 Å². The van der Waals surface area contributed by atoms with E-state index < -0.39 is 11.9 Å². The molecule has 21 heavy (non-hydrogen) atoms. The van der Waals surface area contributed by atoms with Crippen molar-refractivity contribution in [3.63, 3.8) is 0 Å². The van der Waals surface area contributed by atoms with Gasteiger partial charge in [0.25, 0.3) is 0 Å². The molecule has 0 spiro atoms. The van der Waals surface area contributed by atoms with E-state index in [2.05, 4.69) is 17.1 Å². The van der Waals surface area contributed by atoms with Crippen LogP contribution in [0.15, 0.2) is 0 Å². The van der Waals surface area contributed by atoms with Gasteiger partial charge in [-0.05, 0) is 39.2 Å². The maximum Gasteiger partial charge on any atom is 0.317 e. The van der Waals surface area contributed by atoms with Crippen molar-refractivity contribution in [1.82, 2.24) is 15.1 Å². The predicted octanol–water partition coefficient (Wildman–Crippen LogP) is 1.37. The van der Waals surface area contributed by atoms with Gasteiger partial charge in [0.15, 0.2) is 0 Å². The molecule has 2 amide bonds. The number of likely N-dealkylation sites (tertiary alicyclic amines) is 2. The van der Waals surface area contributed by atoms with E-state index in [0.717, 1.165) is 32.5 Å². The van der Waals surface area contributed by atoms with Crippen LogP contribution in [0.2, 0.25) is 0 Å². The number of urea groups is 1. The standard InChI is InChI=1S/C15H27N3O3/c1-3-7-17-8-4-12(5-9-17)16-15(21)18-10-6-13(11(18)2)14(19)20/h11-13H,3-10H2,1-2H3,(H,16,21)(H,19,20). The Morgan fingerprint density at radius 1 is 1.19 bits per heavy atom. The second kappa shape index (κ2) is 7.11. The van der Waals surface area contributed by atoms with E-state index in [1.165, 1.54) is 6.42 Å². The lowest BCUT2D eigenvalue weighted by molar-refractivity contribution is -0.142. The molecule has 120 valence electrons. The zero-order valence-corrected chi connectivity index (χ0v) is 13.0. The average Bonchev–Trinajstić information content (AvgIpc) is 2.83. The van der Waals surface area contributed by atoms with Gasteiger partial charge in [-0.3, -0.25) is 4.79 Å². The molecule has 2 heterocycles. The minimum absolute atomic E-state index is 0.0970. The first kappa shape index (κ1) is 16.1. The van der Waals surface area contributed by atoms with Crippen LogP contribution in [-0.4, -0.2) is 65.2 Å². The number of amides is 2. The highest BCUT2D eigenvalue weighted by Gasteiger charge is 2.38. The fourth-order valence-corrected chi connectivity index (χ4v) is 3.43. The Balaban J connectivity index is 1.79. The van der Waals surface area contributed by atoms with Crippen molar-refractivity contribution in [2.75, 3.05) is 26.2 Å². The Hall–Kier alpha value is -1.30. The van der Waals surface area contributed by atoms with Crippen molar-refractivity contribution in [3.8, 4) is 0 Å². The molecule has 2 aliphatic heterocycles. The monoisotopic (exact) mass is 297 g/mol. The van der Waals surface area contributed by atoms with Crippen molar-refractivity contribution in [3.05, 3.63) is 0 Å². The van der Waals surface area contributed by atoms with Crippen LogP contribution in [0, 0.1) is 5.92 Å². The van der Waals surface area contributed by atoms with Crippen LogP contribution in [0.5, 0.6) is 0 Å². The molecule has 0 saturated carbocycles. The van der Waals surface area contributed by atoms with Crippen molar-refractivity contribution in [2.24, 2.45) is 5.92 Å². The topological polar surface area (TPSA) is 72.9 Å². The zero-order chi connectivity index (χ0) is 15.4. The molecule has 2 aliphatic rings. The maximum atomic E-state index is 12.3. The van der Waals surface area contributed by atoms with Crippen LogP contribution in [0.3, 0.4) is 0 Å². The van der Waals surface area contributed by atoms with E-state index in [1.54, 1.807) is 4.90 Å². The van der Waals surface area contributed by atoms with Gasteiger partial charge in [-0.15, -0.1) is 0 Å². The van der Waals surface area contributed by atoms with Crippen LogP contribution < -0.4 is 5.32 Å². The Labute approximate surface area is 126 Å². The number of nitrogens with one attached hydrogen (secondary N) is 1. The van der Waals surface area contributed by atoms with E-state index in [0.29, 0.717) is 13.0 Å². The summed E-state index contributed by atoms with van der Waals surface area (Å²) < 4.78 is 0. The molecule has 2 unspecified atom stereocenters. The molecule has 2 atom stereocenters. The quantitative estimate of drug-likeness (QED) is 0.822. The summed E-state index contributed by atoms with van der Waals surface area (Å²) in [6, 6.07) is -0.0930. The molecule has 2 N–H and O–H groups in total. The zero-order valence-electron chi connectivity index (χ0n) is 13.0. The van der Waals surface area contributed by atoms with Gasteiger partial charge in [-0.1, -0.05) is 6.92 Å². The molecular weight excluding hydrogens is 270 g/mol. The molecule has 0 aromatic carbocycles. The highest BCUT2D eigenvalue weighted by Crippen LogP contribution is 2.24. The van der Waals surface area contributed by atoms with Gasteiger partial charge in [-0.2, -0.15) is 0 Å². The number of carboxylic acid groups (broad SMARTS) is 1. The van der Waals surface area contributed by atoms with Gasteiger partial charge in [0.05, 0.1) is 5.92 Å². The van der Waals surface area contributed by atoms with Gasteiger partial charge in [0, 0.05) is 31.7 Å². The second-order valence-electron chi connectivity index (χ2n) is 6.23. The fraction of sp³-hybridized carbons (Fsp3) is 0.867. The summed E-state index contributed by atoms with van der Waals surface area (Å²) in [5.41, 5.74) is 0. The summed E-state index contributed by atoms with van der Waals surface area (Å²) in [5.74, 6) is -1.23. The van der Waals surface area contributed by atoms with Gasteiger partial charge in [0.1, 0.15) is 0 Å². The van der Waals surface area contributed by atoms with Gasteiger partial charge < -0.3 is 20.2 Å². The van der Waals surface area contributed by atoms with Crippen LogP contribution in [0.25, 0.3) is 0 Å². The van der Waals surface area contributed by atoms with E-state index in [-0.39, 0.29) is 18.1 Å². The van der Waals surface area contributed by atoms with Gasteiger partial charge >= 0.3 is 12.0 Å². The van der Waals surface area contributed by atoms with E-state index in [9.17, 15) is 9.59 Å². The van der Waals surface area contributed by atoms with E-state index >= 15 is 0 Å². The number of carbonyl (C=O) groups is 2. The van der Waals surface area contributed by atoms with Crippen LogP contribution in [0.1, 0.15) is 39.5 Å². The SMILES string of the molecule is CCCN1CCC(NC(=O)N2CCC(C(=O)O)C2C)CC1. The molecule has 0 aromatic rings. The summed E-state index contributed by atoms with van der Waals surface area (Å²) in [5, 5.41) is 12.2.